The van der Waals surface area contributed by atoms with Crippen LogP contribution >= 0.6 is 0 Å². The van der Waals surface area contributed by atoms with Gasteiger partial charge in [0.15, 0.2) is 17.3 Å². The van der Waals surface area contributed by atoms with E-state index in [1.807, 2.05) is 0 Å². The van der Waals surface area contributed by atoms with Crippen LogP contribution in [0.4, 0.5) is 0 Å². The molecule has 116 valence electrons. The summed E-state index contributed by atoms with van der Waals surface area (Å²) in [6, 6.07) is 4.25. The molecule has 3 atom stereocenters. The molecule has 2 spiro atoms. The zero-order valence-corrected chi connectivity index (χ0v) is 12.3. The largest absolute Gasteiger partial charge is 0.454 e. The molecule has 0 unspecified atom stereocenters. The van der Waals surface area contributed by atoms with Crippen LogP contribution in [0, 0.1) is 5.92 Å². The van der Waals surface area contributed by atoms with Gasteiger partial charge < -0.3 is 23.7 Å². The Kier molecular flexibility index (Phi) is 2.09. The van der Waals surface area contributed by atoms with Crippen molar-refractivity contribution in [3.8, 4) is 11.5 Å². The predicted molar refractivity (Wildman–Crippen MR) is 74.7 cm³/mol. The van der Waals surface area contributed by atoms with Gasteiger partial charge in [-0.05, 0) is 42.0 Å². The summed E-state index contributed by atoms with van der Waals surface area (Å²) in [7, 11) is 0. The zero-order valence-electron chi connectivity index (χ0n) is 12.3. The van der Waals surface area contributed by atoms with Crippen LogP contribution in [-0.2, 0) is 19.8 Å². The summed E-state index contributed by atoms with van der Waals surface area (Å²) in [6.07, 6.45) is 4.17. The third-order valence-corrected chi connectivity index (χ3v) is 6.08. The van der Waals surface area contributed by atoms with Crippen LogP contribution in [-0.4, -0.2) is 25.8 Å². The SMILES string of the molecule is c1c2c(cc3c1[C@H]1C[C@H]4CCC5(C[C@]34O1)OCCO5)OCO2. The van der Waals surface area contributed by atoms with Gasteiger partial charge in [0.2, 0.25) is 6.79 Å². The maximum absolute atomic E-state index is 6.53. The Morgan fingerprint density at radius 2 is 1.86 bits per heavy atom. The van der Waals surface area contributed by atoms with Crippen LogP contribution < -0.4 is 9.47 Å². The van der Waals surface area contributed by atoms with Crippen LogP contribution in [0.15, 0.2) is 12.1 Å². The summed E-state index contributed by atoms with van der Waals surface area (Å²) < 4.78 is 29.6. The van der Waals surface area contributed by atoms with Gasteiger partial charge in [-0.3, -0.25) is 0 Å². The first-order chi connectivity index (χ1) is 10.8. The van der Waals surface area contributed by atoms with Gasteiger partial charge in [0.1, 0.15) is 5.60 Å². The quantitative estimate of drug-likeness (QED) is 0.737. The van der Waals surface area contributed by atoms with Crippen LogP contribution in [0.1, 0.15) is 42.9 Å². The Labute approximate surface area is 128 Å². The Morgan fingerprint density at radius 1 is 1.05 bits per heavy atom. The molecule has 0 N–H and O–H groups in total. The lowest BCUT2D eigenvalue weighted by Gasteiger charge is -2.45. The summed E-state index contributed by atoms with van der Waals surface area (Å²) in [5.74, 6) is 1.81. The summed E-state index contributed by atoms with van der Waals surface area (Å²) >= 11 is 0. The van der Waals surface area contributed by atoms with Gasteiger partial charge in [-0.2, -0.15) is 0 Å². The smallest absolute Gasteiger partial charge is 0.231 e. The molecule has 1 saturated carbocycles. The fraction of sp³-hybridized carbons (Fsp3) is 0.647. The van der Waals surface area contributed by atoms with E-state index < -0.39 is 5.79 Å². The first-order valence-corrected chi connectivity index (χ1v) is 8.18. The molecule has 6 rings (SSSR count). The molecule has 4 aliphatic heterocycles. The lowest BCUT2D eigenvalue weighted by Crippen LogP contribution is -2.48. The Balaban J connectivity index is 1.50. The van der Waals surface area contributed by atoms with Crippen molar-refractivity contribution in [1.29, 1.82) is 0 Å². The van der Waals surface area contributed by atoms with Crippen LogP contribution in [0.25, 0.3) is 0 Å². The maximum Gasteiger partial charge on any atom is 0.231 e. The molecule has 22 heavy (non-hydrogen) atoms. The molecule has 1 aromatic carbocycles. The van der Waals surface area contributed by atoms with Crippen molar-refractivity contribution >= 4 is 0 Å². The van der Waals surface area contributed by atoms with E-state index in [9.17, 15) is 0 Å². The van der Waals surface area contributed by atoms with E-state index >= 15 is 0 Å². The van der Waals surface area contributed by atoms with Crippen molar-refractivity contribution in [2.24, 2.45) is 5.92 Å². The van der Waals surface area contributed by atoms with Crippen molar-refractivity contribution in [2.45, 2.75) is 43.2 Å². The minimum Gasteiger partial charge on any atom is -0.454 e. The van der Waals surface area contributed by atoms with E-state index in [4.69, 9.17) is 23.7 Å². The van der Waals surface area contributed by atoms with E-state index in [0.29, 0.717) is 25.9 Å². The second-order valence-electron chi connectivity index (χ2n) is 7.04. The highest BCUT2D eigenvalue weighted by Gasteiger charge is 2.63. The predicted octanol–water partition coefficient (Wildman–Crippen LogP) is 2.63. The Hall–Kier alpha value is -1.30. The molecule has 5 nitrogen and oxygen atoms in total. The molecule has 4 heterocycles. The van der Waals surface area contributed by atoms with Gasteiger partial charge in [0.05, 0.1) is 19.3 Å². The first kappa shape index (κ1) is 12.2. The normalized spacial score (nSPS) is 39.3. The third kappa shape index (κ3) is 1.32. The molecule has 3 fully saturated rings. The second-order valence-corrected chi connectivity index (χ2v) is 7.04. The average molecular weight is 302 g/mol. The maximum atomic E-state index is 6.53. The number of rotatable bonds is 0. The number of fused-ring (bicyclic) bond motifs is 4. The summed E-state index contributed by atoms with van der Waals surface area (Å²) in [4.78, 5) is 0. The minimum atomic E-state index is -0.441. The average Bonchev–Trinajstić information content (AvgIpc) is 3.26. The number of ether oxygens (including phenoxy) is 5. The van der Waals surface area contributed by atoms with Gasteiger partial charge in [-0.25, -0.2) is 0 Å². The molecule has 1 aromatic rings. The highest BCUT2D eigenvalue weighted by molar-refractivity contribution is 5.54. The first-order valence-electron chi connectivity index (χ1n) is 8.18. The Bertz CT molecular complexity index is 665. The monoisotopic (exact) mass is 302 g/mol. The standard InChI is InChI=1S/C17H18O5/c1-2-16(20-3-4-21-16)8-17-10(1)5-13(22-17)11-6-14-15(7-12(11)17)19-9-18-14/h6-7,10,13H,1-5,8-9H2/t10-,13-,17-/m1/s1. The Morgan fingerprint density at radius 3 is 2.73 bits per heavy atom. The van der Waals surface area contributed by atoms with Crippen molar-refractivity contribution in [2.75, 3.05) is 20.0 Å². The summed E-state index contributed by atoms with van der Waals surface area (Å²) in [5, 5.41) is 0. The molecule has 0 amide bonds. The van der Waals surface area contributed by atoms with Gasteiger partial charge in [-0.1, -0.05) is 0 Å². The van der Waals surface area contributed by atoms with E-state index in [0.717, 1.165) is 37.2 Å². The summed E-state index contributed by atoms with van der Waals surface area (Å²) in [5.41, 5.74) is 2.29. The number of hydrogen-bond donors (Lipinski definition) is 0. The van der Waals surface area contributed by atoms with Crippen molar-refractivity contribution in [3.05, 3.63) is 23.3 Å². The van der Waals surface area contributed by atoms with E-state index in [1.54, 1.807) is 0 Å². The van der Waals surface area contributed by atoms with E-state index in [1.165, 1.54) is 11.1 Å². The lowest BCUT2D eigenvalue weighted by molar-refractivity contribution is -0.230. The minimum absolute atomic E-state index is 0.186. The highest BCUT2D eigenvalue weighted by atomic mass is 16.7. The van der Waals surface area contributed by atoms with Crippen LogP contribution in [0.3, 0.4) is 0 Å². The number of hydrogen-bond acceptors (Lipinski definition) is 5. The molecular weight excluding hydrogens is 284 g/mol. The van der Waals surface area contributed by atoms with Crippen LogP contribution in [0.2, 0.25) is 0 Å². The molecule has 2 saturated heterocycles. The molecule has 5 aliphatic rings. The van der Waals surface area contributed by atoms with Gasteiger partial charge in [0.25, 0.3) is 0 Å². The third-order valence-electron chi connectivity index (χ3n) is 6.08. The number of benzene rings is 1. The zero-order chi connectivity index (χ0) is 14.4. The highest BCUT2D eigenvalue weighted by Crippen LogP contribution is 2.66. The molecular formula is C17H18O5. The van der Waals surface area contributed by atoms with E-state index in [-0.39, 0.29) is 11.7 Å². The molecule has 2 bridgehead atoms. The fourth-order valence-corrected chi connectivity index (χ4v) is 5.17. The van der Waals surface area contributed by atoms with Crippen molar-refractivity contribution in [1.82, 2.24) is 0 Å². The molecule has 0 aromatic heterocycles. The lowest BCUT2D eigenvalue weighted by atomic mass is 9.65. The van der Waals surface area contributed by atoms with Gasteiger partial charge in [0, 0.05) is 12.8 Å². The molecule has 5 heteroatoms. The topological polar surface area (TPSA) is 46.2 Å². The van der Waals surface area contributed by atoms with Crippen molar-refractivity contribution < 1.29 is 23.7 Å². The van der Waals surface area contributed by atoms with Gasteiger partial charge in [-0.15, -0.1) is 0 Å². The van der Waals surface area contributed by atoms with Crippen molar-refractivity contribution in [3.63, 3.8) is 0 Å². The molecule has 1 aliphatic carbocycles. The molecule has 0 radical (unpaired) electrons. The van der Waals surface area contributed by atoms with Gasteiger partial charge >= 0.3 is 0 Å². The van der Waals surface area contributed by atoms with Crippen LogP contribution in [0.5, 0.6) is 11.5 Å². The van der Waals surface area contributed by atoms with E-state index in [2.05, 4.69) is 12.1 Å². The second kappa shape index (κ2) is 3.78. The summed E-state index contributed by atoms with van der Waals surface area (Å²) in [6.45, 7) is 1.70. The fourth-order valence-electron chi connectivity index (χ4n) is 5.17.